The van der Waals surface area contributed by atoms with Gasteiger partial charge in [-0.25, -0.2) is 0 Å². The zero-order valence-corrected chi connectivity index (χ0v) is 12.1. The Morgan fingerprint density at radius 2 is 2.32 bits per heavy atom. The smallest absolute Gasteiger partial charge is 0.0951 e. The van der Waals surface area contributed by atoms with Crippen LogP contribution in [0.25, 0.3) is 0 Å². The third-order valence-corrected chi connectivity index (χ3v) is 3.61. The molecule has 2 rings (SSSR count). The van der Waals surface area contributed by atoms with Gasteiger partial charge in [-0.05, 0) is 32.0 Å². The van der Waals surface area contributed by atoms with E-state index >= 15 is 0 Å². The maximum absolute atomic E-state index is 5.99. The molecule has 0 aromatic carbocycles. The second-order valence-corrected chi connectivity index (χ2v) is 5.20. The normalized spacial score (nSPS) is 22.5. The first kappa shape index (κ1) is 14.6. The van der Waals surface area contributed by atoms with E-state index in [0.717, 1.165) is 39.2 Å². The van der Waals surface area contributed by atoms with E-state index in [2.05, 4.69) is 24.1 Å². The van der Waals surface area contributed by atoms with E-state index in [-0.39, 0.29) is 12.1 Å². The summed E-state index contributed by atoms with van der Waals surface area (Å²) in [6.45, 7) is 9.45. The van der Waals surface area contributed by atoms with Gasteiger partial charge >= 0.3 is 0 Å². The SMILES string of the molecule is CCCNC(c1ccoc1)C1CN(CCC)CCO1. The maximum Gasteiger partial charge on any atom is 0.0951 e. The third-order valence-electron chi connectivity index (χ3n) is 3.61. The highest BCUT2D eigenvalue weighted by Crippen LogP contribution is 2.23. The van der Waals surface area contributed by atoms with Gasteiger partial charge in [0, 0.05) is 18.7 Å². The lowest BCUT2D eigenvalue weighted by Gasteiger charge is -2.37. The van der Waals surface area contributed by atoms with Crippen molar-refractivity contribution in [3.63, 3.8) is 0 Å². The van der Waals surface area contributed by atoms with Crippen LogP contribution < -0.4 is 5.32 Å². The van der Waals surface area contributed by atoms with Gasteiger partial charge in [0.15, 0.2) is 0 Å². The Kier molecular flexibility index (Phi) is 5.89. The molecule has 0 radical (unpaired) electrons. The predicted octanol–water partition coefficient (Wildman–Crippen LogP) is 2.43. The molecule has 2 heterocycles. The molecule has 2 unspecified atom stereocenters. The van der Waals surface area contributed by atoms with Crippen LogP contribution in [0.2, 0.25) is 0 Å². The molecule has 108 valence electrons. The largest absolute Gasteiger partial charge is 0.472 e. The van der Waals surface area contributed by atoms with Crippen molar-refractivity contribution in [2.24, 2.45) is 0 Å². The summed E-state index contributed by atoms with van der Waals surface area (Å²) in [6, 6.07) is 2.27. The maximum atomic E-state index is 5.99. The average Bonchev–Trinajstić information content (AvgIpc) is 2.94. The number of ether oxygens (including phenoxy) is 1. The molecular formula is C15H26N2O2. The predicted molar refractivity (Wildman–Crippen MR) is 76.2 cm³/mol. The first-order valence-electron chi connectivity index (χ1n) is 7.44. The molecule has 1 aliphatic heterocycles. The van der Waals surface area contributed by atoms with Crippen LogP contribution in [-0.4, -0.2) is 43.8 Å². The summed E-state index contributed by atoms with van der Waals surface area (Å²) in [5.41, 5.74) is 1.19. The lowest BCUT2D eigenvalue weighted by molar-refractivity contribution is -0.0471. The molecule has 0 bridgehead atoms. The molecule has 4 nitrogen and oxygen atoms in total. The Balaban J connectivity index is 2.00. The van der Waals surface area contributed by atoms with Crippen LogP contribution in [0.15, 0.2) is 23.0 Å². The van der Waals surface area contributed by atoms with Crippen molar-refractivity contribution in [2.45, 2.75) is 38.8 Å². The summed E-state index contributed by atoms with van der Waals surface area (Å²) >= 11 is 0. The van der Waals surface area contributed by atoms with Crippen LogP contribution in [0.1, 0.15) is 38.3 Å². The Labute approximate surface area is 116 Å². The van der Waals surface area contributed by atoms with Crippen LogP contribution in [-0.2, 0) is 4.74 Å². The zero-order valence-electron chi connectivity index (χ0n) is 12.1. The standard InChI is InChI=1S/C15H26N2O2/c1-3-6-16-15(13-5-9-18-12-13)14-11-17(7-4-2)8-10-19-14/h5,9,12,14-16H,3-4,6-8,10-11H2,1-2H3. The summed E-state index contributed by atoms with van der Waals surface area (Å²) in [6.07, 6.45) is 6.10. The Bertz CT molecular complexity index is 338. The summed E-state index contributed by atoms with van der Waals surface area (Å²) in [5, 5.41) is 3.59. The van der Waals surface area contributed by atoms with E-state index in [0.29, 0.717) is 0 Å². The van der Waals surface area contributed by atoms with Crippen molar-refractivity contribution >= 4 is 0 Å². The number of hydrogen-bond acceptors (Lipinski definition) is 4. The molecule has 1 saturated heterocycles. The van der Waals surface area contributed by atoms with Crippen molar-refractivity contribution in [2.75, 3.05) is 32.8 Å². The van der Waals surface area contributed by atoms with Gasteiger partial charge in [-0.15, -0.1) is 0 Å². The second-order valence-electron chi connectivity index (χ2n) is 5.20. The van der Waals surface area contributed by atoms with Crippen LogP contribution in [0.3, 0.4) is 0 Å². The van der Waals surface area contributed by atoms with Gasteiger partial charge in [0.05, 0.1) is 31.3 Å². The van der Waals surface area contributed by atoms with Crippen molar-refractivity contribution in [1.29, 1.82) is 0 Å². The van der Waals surface area contributed by atoms with Crippen molar-refractivity contribution in [3.05, 3.63) is 24.2 Å². The highest BCUT2D eigenvalue weighted by molar-refractivity contribution is 5.14. The van der Waals surface area contributed by atoms with Gasteiger partial charge in [0.2, 0.25) is 0 Å². The van der Waals surface area contributed by atoms with Crippen LogP contribution in [0, 0.1) is 0 Å². The molecule has 4 heteroatoms. The van der Waals surface area contributed by atoms with Crippen molar-refractivity contribution in [1.82, 2.24) is 10.2 Å². The van der Waals surface area contributed by atoms with E-state index in [1.54, 1.807) is 6.26 Å². The fourth-order valence-corrected chi connectivity index (χ4v) is 2.67. The van der Waals surface area contributed by atoms with E-state index in [1.165, 1.54) is 12.0 Å². The highest BCUT2D eigenvalue weighted by atomic mass is 16.5. The quantitative estimate of drug-likeness (QED) is 0.822. The summed E-state index contributed by atoms with van der Waals surface area (Å²) < 4.78 is 11.2. The number of nitrogens with one attached hydrogen (secondary N) is 1. The van der Waals surface area contributed by atoms with Gasteiger partial charge in [-0.3, -0.25) is 4.90 Å². The molecule has 1 fully saturated rings. The van der Waals surface area contributed by atoms with E-state index in [1.807, 2.05) is 12.3 Å². The number of furan rings is 1. The summed E-state index contributed by atoms with van der Waals surface area (Å²) in [7, 11) is 0. The number of rotatable bonds is 7. The number of morpholine rings is 1. The van der Waals surface area contributed by atoms with Crippen LogP contribution in [0.5, 0.6) is 0 Å². The van der Waals surface area contributed by atoms with Gasteiger partial charge in [-0.2, -0.15) is 0 Å². The average molecular weight is 266 g/mol. The minimum Gasteiger partial charge on any atom is -0.472 e. The molecule has 0 amide bonds. The van der Waals surface area contributed by atoms with Crippen LogP contribution >= 0.6 is 0 Å². The highest BCUT2D eigenvalue weighted by Gasteiger charge is 2.29. The molecular weight excluding hydrogens is 240 g/mol. The van der Waals surface area contributed by atoms with Gasteiger partial charge in [0.1, 0.15) is 0 Å². The molecule has 0 aliphatic carbocycles. The minimum atomic E-state index is 0.212. The fraction of sp³-hybridized carbons (Fsp3) is 0.733. The molecule has 2 atom stereocenters. The molecule has 1 aromatic heterocycles. The van der Waals surface area contributed by atoms with E-state index in [4.69, 9.17) is 9.15 Å². The first-order valence-corrected chi connectivity index (χ1v) is 7.44. The Hall–Kier alpha value is -0.840. The first-order chi connectivity index (χ1) is 9.35. The van der Waals surface area contributed by atoms with Crippen LogP contribution in [0.4, 0.5) is 0 Å². The monoisotopic (exact) mass is 266 g/mol. The van der Waals surface area contributed by atoms with Gasteiger partial charge < -0.3 is 14.5 Å². The van der Waals surface area contributed by atoms with E-state index < -0.39 is 0 Å². The number of hydrogen-bond donors (Lipinski definition) is 1. The lowest BCUT2D eigenvalue weighted by Crippen LogP contribution is -2.48. The zero-order chi connectivity index (χ0) is 13.5. The lowest BCUT2D eigenvalue weighted by atomic mass is 10.0. The molecule has 0 saturated carbocycles. The minimum absolute atomic E-state index is 0.212. The molecule has 0 spiro atoms. The summed E-state index contributed by atoms with van der Waals surface area (Å²) in [5.74, 6) is 0. The van der Waals surface area contributed by atoms with Gasteiger partial charge in [0.25, 0.3) is 0 Å². The number of nitrogens with zero attached hydrogens (tertiary/aromatic N) is 1. The van der Waals surface area contributed by atoms with Gasteiger partial charge in [-0.1, -0.05) is 13.8 Å². The Morgan fingerprint density at radius 1 is 1.42 bits per heavy atom. The Morgan fingerprint density at radius 3 is 3.00 bits per heavy atom. The molecule has 1 N–H and O–H groups in total. The molecule has 1 aliphatic rings. The molecule has 1 aromatic rings. The topological polar surface area (TPSA) is 37.6 Å². The van der Waals surface area contributed by atoms with Crippen molar-refractivity contribution < 1.29 is 9.15 Å². The van der Waals surface area contributed by atoms with Crippen molar-refractivity contribution in [3.8, 4) is 0 Å². The molecule has 19 heavy (non-hydrogen) atoms. The second kappa shape index (κ2) is 7.68. The fourth-order valence-electron chi connectivity index (χ4n) is 2.67. The van der Waals surface area contributed by atoms with E-state index in [9.17, 15) is 0 Å². The summed E-state index contributed by atoms with van der Waals surface area (Å²) in [4.78, 5) is 2.49. The third kappa shape index (κ3) is 4.06.